The molecule has 0 aliphatic rings. The minimum atomic E-state index is -0.689. The third-order valence-corrected chi connectivity index (χ3v) is 3.51. The van der Waals surface area contributed by atoms with Gasteiger partial charge in [0, 0.05) is 19.5 Å². The van der Waals surface area contributed by atoms with Crippen LogP contribution in [0.2, 0.25) is 5.15 Å². The van der Waals surface area contributed by atoms with Gasteiger partial charge in [-0.3, -0.25) is 0 Å². The molecule has 4 nitrogen and oxygen atoms in total. The molecule has 0 radical (unpaired) electrons. The number of halogens is 1. The molecular formula is C15H28ClN3O. The molecule has 0 bridgehead atoms. The molecule has 0 saturated heterocycles. The highest BCUT2D eigenvalue weighted by molar-refractivity contribution is 6.30. The van der Waals surface area contributed by atoms with Crippen molar-refractivity contribution in [2.24, 2.45) is 5.92 Å². The number of aromatic amines is 1. The molecule has 116 valence electrons. The first kappa shape index (κ1) is 17.5. The summed E-state index contributed by atoms with van der Waals surface area (Å²) in [7, 11) is 0. The molecule has 1 atom stereocenters. The summed E-state index contributed by atoms with van der Waals surface area (Å²) >= 11 is 6.11. The molecule has 0 aliphatic carbocycles. The van der Waals surface area contributed by atoms with E-state index in [1.807, 2.05) is 6.92 Å². The average molecular weight is 302 g/mol. The zero-order chi connectivity index (χ0) is 15.2. The van der Waals surface area contributed by atoms with E-state index in [0.29, 0.717) is 24.2 Å². The molecule has 3 N–H and O–H groups in total. The van der Waals surface area contributed by atoms with Gasteiger partial charge in [0.2, 0.25) is 0 Å². The summed E-state index contributed by atoms with van der Waals surface area (Å²) in [5, 5.41) is 14.0. The fourth-order valence-corrected chi connectivity index (χ4v) is 2.64. The van der Waals surface area contributed by atoms with E-state index >= 15 is 0 Å². The van der Waals surface area contributed by atoms with Gasteiger partial charge < -0.3 is 15.4 Å². The highest BCUT2D eigenvalue weighted by atomic mass is 35.5. The Hall–Kier alpha value is -0.580. The summed E-state index contributed by atoms with van der Waals surface area (Å²) in [4.78, 5) is 7.58. The van der Waals surface area contributed by atoms with Crippen LogP contribution in [0.25, 0.3) is 0 Å². The minimum Gasteiger partial charge on any atom is -0.389 e. The van der Waals surface area contributed by atoms with Gasteiger partial charge in [0.25, 0.3) is 0 Å². The van der Waals surface area contributed by atoms with E-state index in [4.69, 9.17) is 11.6 Å². The Balaban J connectivity index is 2.43. The van der Waals surface area contributed by atoms with Gasteiger partial charge >= 0.3 is 0 Å². The number of aliphatic hydroxyl groups is 1. The Labute approximate surface area is 127 Å². The van der Waals surface area contributed by atoms with Crippen LogP contribution >= 0.6 is 11.6 Å². The zero-order valence-corrected chi connectivity index (χ0v) is 13.8. The number of aryl methyl sites for hydroxylation is 1. The third-order valence-electron chi connectivity index (χ3n) is 3.20. The van der Waals surface area contributed by atoms with Gasteiger partial charge in [-0.05, 0) is 25.7 Å². The van der Waals surface area contributed by atoms with Crippen molar-refractivity contribution in [3.8, 4) is 0 Å². The predicted molar refractivity (Wildman–Crippen MR) is 84.0 cm³/mol. The summed E-state index contributed by atoms with van der Waals surface area (Å²) in [6.45, 7) is 9.39. The van der Waals surface area contributed by atoms with E-state index in [9.17, 15) is 5.11 Å². The summed E-state index contributed by atoms with van der Waals surface area (Å²) in [5.41, 5.74) is 0.212. The third kappa shape index (κ3) is 6.25. The van der Waals surface area contributed by atoms with Crippen LogP contribution in [0.15, 0.2) is 0 Å². The molecule has 20 heavy (non-hydrogen) atoms. The van der Waals surface area contributed by atoms with Crippen molar-refractivity contribution < 1.29 is 5.11 Å². The Kier molecular flexibility index (Phi) is 7.00. The van der Waals surface area contributed by atoms with Crippen LogP contribution in [0.4, 0.5) is 0 Å². The lowest BCUT2D eigenvalue weighted by atomic mass is 9.94. The van der Waals surface area contributed by atoms with Crippen LogP contribution in [0.5, 0.6) is 0 Å². The van der Waals surface area contributed by atoms with Crippen LogP contribution in [-0.2, 0) is 13.0 Å². The first-order valence-corrected chi connectivity index (χ1v) is 7.88. The second-order valence-corrected chi connectivity index (χ2v) is 6.61. The van der Waals surface area contributed by atoms with E-state index in [1.54, 1.807) is 0 Å². The molecule has 1 aromatic heterocycles. The van der Waals surface area contributed by atoms with E-state index < -0.39 is 5.60 Å². The number of H-pyrrole nitrogens is 1. The number of hydrogen-bond acceptors (Lipinski definition) is 3. The summed E-state index contributed by atoms with van der Waals surface area (Å²) < 4.78 is 0. The molecule has 1 aromatic rings. The van der Waals surface area contributed by atoms with E-state index in [2.05, 4.69) is 36.1 Å². The molecule has 1 unspecified atom stereocenters. The van der Waals surface area contributed by atoms with Crippen molar-refractivity contribution in [1.29, 1.82) is 0 Å². The first-order chi connectivity index (χ1) is 9.34. The molecule has 1 rings (SSSR count). The molecule has 0 spiro atoms. The van der Waals surface area contributed by atoms with Crippen molar-refractivity contribution in [2.75, 3.05) is 6.54 Å². The Morgan fingerprint density at radius 2 is 2.15 bits per heavy atom. The SMILES string of the molecule is CCCCc1nc(Cl)c(CNCC(C)(O)CC(C)C)[nH]1. The monoisotopic (exact) mass is 301 g/mol. The van der Waals surface area contributed by atoms with Crippen LogP contribution in [0, 0.1) is 5.92 Å². The van der Waals surface area contributed by atoms with E-state index in [-0.39, 0.29) is 0 Å². The molecule has 1 heterocycles. The van der Waals surface area contributed by atoms with Gasteiger partial charge in [0.1, 0.15) is 5.82 Å². The number of hydrogen-bond donors (Lipinski definition) is 3. The van der Waals surface area contributed by atoms with Crippen LogP contribution in [0.3, 0.4) is 0 Å². The Morgan fingerprint density at radius 1 is 1.45 bits per heavy atom. The minimum absolute atomic E-state index is 0.475. The number of nitrogens with zero attached hydrogens (tertiary/aromatic N) is 1. The van der Waals surface area contributed by atoms with Crippen molar-refractivity contribution in [3.63, 3.8) is 0 Å². The van der Waals surface area contributed by atoms with Gasteiger partial charge in [-0.25, -0.2) is 4.98 Å². The van der Waals surface area contributed by atoms with Crippen molar-refractivity contribution in [1.82, 2.24) is 15.3 Å². The second kappa shape index (κ2) is 8.01. The quantitative estimate of drug-likeness (QED) is 0.656. The number of imidazole rings is 1. The smallest absolute Gasteiger partial charge is 0.151 e. The van der Waals surface area contributed by atoms with Crippen LogP contribution in [-0.4, -0.2) is 27.2 Å². The largest absolute Gasteiger partial charge is 0.389 e. The van der Waals surface area contributed by atoms with Gasteiger partial charge in [-0.2, -0.15) is 0 Å². The van der Waals surface area contributed by atoms with Crippen LogP contribution in [0.1, 0.15) is 58.5 Å². The number of nitrogens with one attached hydrogen (secondary N) is 2. The normalized spacial score (nSPS) is 14.8. The van der Waals surface area contributed by atoms with E-state index in [1.165, 1.54) is 0 Å². The van der Waals surface area contributed by atoms with Crippen molar-refractivity contribution >= 4 is 11.6 Å². The number of aromatic nitrogens is 2. The zero-order valence-electron chi connectivity index (χ0n) is 13.1. The maximum absolute atomic E-state index is 10.2. The lowest BCUT2D eigenvalue weighted by Gasteiger charge is -2.25. The standard InChI is InChI=1S/C15H28ClN3O/c1-5-6-7-13-18-12(14(16)19-13)9-17-10-15(4,20)8-11(2)3/h11,17,20H,5-10H2,1-4H3,(H,18,19). The summed E-state index contributed by atoms with van der Waals surface area (Å²) in [6.07, 6.45) is 3.96. The Morgan fingerprint density at radius 3 is 2.75 bits per heavy atom. The van der Waals surface area contributed by atoms with Crippen molar-refractivity contribution in [2.45, 2.75) is 65.5 Å². The first-order valence-electron chi connectivity index (χ1n) is 7.50. The molecular weight excluding hydrogens is 274 g/mol. The van der Waals surface area contributed by atoms with Gasteiger partial charge in [-0.15, -0.1) is 0 Å². The number of rotatable bonds is 9. The lowest BCUT2D eigenvalue weighted by molar-refractivity contribution is 0.0383. The highest BCUT2D eigenvalue weighted by Crippen LogP contribution is 2.17. The maximum atomic E-state index is 10.2. The predicted octanol–water partition coefficient (Wildman–Crippen LogP) is 3.29. The van der Waals surface area contributed by atoms with Gasteiger partial charge in [0.05, 0.1) is 11.3 Å². The lowest BCUT2D eigenvalue weighted by Crippen LogP contribution is -2.38. The summed E-state index contributed by atoms with van der Waals surface area (Å²) in [6, 6.07) is 0. The highest BCUT2D eigenvalue weighted by Gasteiger charge is 2.21. The second-order valence-electron chi connectivity index (χ2n) is 6.25. The molecule has 0 aliphatic heterocycles. The maximum Gasteiger partial charge on any atom is 0.151 e. The van der Waals surface area contributed by atoms with Gasteiger partial charge in [-0.1, -0.05) is 38.8 Å². The summed E-state index contributed by atoms with van der Waals surface area (Å²) in [5.74, 6) is 1.42. The fourth-order valence-electron chi connectivity index (χ4n) is 2.43. The van der Waals surface area contributed by atoms with Crippen molar-refractivity contribution in [3.05, 3.63) is 16.7 Å². The fraction of sp³-hybridized carbons (Fsp3) is 0.800. The molecule has 0 amide bonds. The number of unbranched alkanes of at least 4 members (excludes halogenated alkanes) is 1. The van der Waals surface area contributed by atoms with Gasteiger partial charge in [0.15, 0.2) is 5.15 Å². The molecule has 0 fully saturated rings. The molecule has 5 heteroatoms. The average Bonchev–Trinajstić information content (AvgIpc) is 2.65. The molecule has 0 aromatic carbocycles. The van der Waals surface area contributed by atoms with E-state index in [0.717, 1.165) is 37.2 Å². The topological polar surface area (TPSA) is 60.9 Å². The molecule has 0 saturated carbocycles. The van der Waals surface area contributed by atoms with Crippen LogP contribution < -0.4 is 5.32 Å². The Bertz CT molecular complexity index is 402.